The summed E-state index contributed by atoms with van der Waals surface area (Å²) >= 11 is 0. The molecule has 1 radical (unpaired) electrons. The van der Waals surface area contributed by atoms with Gasteiger partial charge in [0.05, 0.1) is 0 Å². The zero-order valence-electron chi connectivity index (χ0n) is 6.27. The molecule has 0 saturated heterocycles. The normalized spacial score (nSPS) is 13.8. The van der Waals surface area contributed by atoms with Crippen molar-refractivity contribution in [1.29, 1.82) is 0 Å². The van der Waals surface area contributed by atoms with Crippen LogP contribution in [0.5, 0.6) is 0 Å². The van der Waals surface area contributed by atoms with Crippen molar-refractivity contribution in [2.45, 2.75) is 27.2 Å². The van der Waals surface area contributed by atoms with Gasteiger partial charge >= 0.3 is 0 Å². The van der Waals surface area contributed by atoms with Crippen LogP contribution in [-0.4, -0.2) is 5.91 Å². The summed E-state index contributed by atoms with van der Waals surface area (Å²) in [7, 11) is 0. The van der Waals surface area contributed by atoms with Gasteiger partial charge in [-0.05, 0) is 11.8 Å². The molecule has 0 fully saturated rings. The zero-order chi connectivity index (χ0) is 7.44. The Labute approximate surface area is 56.4 Å². The largest absolute Gasteiger partial charge is 0.370 e. The molecule has 2 N–H and O–H groups in total. The number of hydrogen-bond acceptors (Lipinski definition) is 1. The Morgan fingerprint density at radius 1 is 1.56 bits per heavy atom. The molecule has 0 heterocycles. The lowest BCUT2D eigenvalue weighted by Gasteiger charge is -2.11. The third-order valence-corrected chi connectivity index (χ3v) is 1.49. The van der Waals surface area contributed by atoms with Gasteiger partial charge in [-0.15, -0.1) is 0 Å². The van der Waals surface area contributed by atoms with E-state index < -0.39 is 0 Å². The Bertz CT molecular complexity index is 99.1. The molecule has 0 aromatic rings. The van der Waals surface area contributed by atoms with Gasteiger partial charge in [-0.3, -0.25) is 4.79 Å². The smallest absolute Gasteiger partial charge is 0.217 e. The molecule has 0 saturated carbocycles. The van der Waals surface area contributed by atoms with Crippen LogP contribution in [0, 0.1) is 11.8 Å². The maximum atomic E-state index is 10.3. The maximum absolute atomic E-state index is 10.3. The van der Waals surface area contributed by atoms with Crippen LogP contribution in [0.1, 0.15) is 27.2 Å². The summed E-state index contributed by atoms with van der Waals surface area (Å²) in [5.74, 6) is 1.38. The van der Waals surface area contributed by atoms with Gasteiger partial charge in [0.15, 0.2) is 0 Å². The van der Waals surface area contributed by atoms with Crippen LogP contribution in [0.2, 0.25) is 0 Å². The summed E-state index contributed by atoms with van der Waals surface area (Å²) in [4.78, 5) is 10.3. The van der Waals surface area contributed by atoms with Gasteiger partial charge in [0.25, 0.3) is 0 Å². The average Bonchev–Trinajstić information content (AvgIpc) is 1.63. The first-order chi connectivity index (χ1) is 4.04. The summed E-state index contributed by atoms with van der Waals surface area (Å²) in [5.41, 5.74) is 4.98. The maximum Gasteiger partial charge on any atom is 0.217 e. The second-order valence-electron chi connectivity index (χ2n) is 2.65. The molecule has 0 aliphatic rings. The van der Waals surface area contributed by atoms with Gasteiger partial charge in [0.2, 0.25) is 5.91 Å². The fourth-order valence-corrected chi connectivity index (χ4v) is 0.506. The Balaban J connectivity index is 3.50. The molecule has 0 aliphatic carbocycles. The Morgan fingerprint density at radius 2 is 2.00 bits per heavy atom. The summed E-state index contributed by atoms with van der Waals surface area (Å²) < 4.78 is 0. The fraction of sp³-hybridized carbons (Fsp3) is 0.714. The van der Waals surface area contributed by atoms with E-state index >= 15 is 0 Å². The number of amides is 1. The molecular weight excluding hydrogens is 114 g/mol. The SMILES string of the molecule is C[C](C)C(C)CC(N)=O. The minimum Gasteiger partial charge on any atom is -0.370 e. The van der Waals surface area contributed by atoms with E-state index in [1.807, 2.05) is 20.8 Å². The summed E-state index contributed by atoms with van der Waals surface area (Å²) in [5, 5.41) is 0. The highest BCUT2D eigenvalue weighted by molar-refractivity contribution is 5.74. The highest BCUT2D eigenvalue weighted by Crippen LogP contribution is 2.14. The van der Waals surface area contributed by atoms with Crippen molar-refractivity contribution in [3.63, 3.8) is 0 Å². The van der Waals surface area contributed by atoms with Crippen LogP contribution in [0.4, 0.5) is 0 Å². The third-order valence-electron chi connectivity index (χ3n) is 1.49. The molecule has 1 amide bonds. The van der Waals surface area contributed by atoms with Crippen LogP contribution in [0.15, 0.2) is 0 Å². The summed E-state index contributed by atoms with van der Waals surface area (Å²) in [6.07, 6.45) is 0.475. The number of rotatable bonds is 3. The standard InChI is InChI=1S/C7H14NO/c1-5(2)6(3)4-7(8)9/h6H,4H2,1-3H3,(H2,8,9). The number of carbonyl (C=O) groups is 1. The van der Waals surface area contributed by atoms with Crippen LogP contribution in [0.3, 0.4) is 0 Å². The second kappa shape index (κ2) is 3.49. The number of nitrogens with two attached hydrogens (primary N) is 1. The van der Waals surface area contributed by atoms with E-state index in [0.717, 1.165) is 0 Å². The van der Waals surface area contributed by atoms with Crippen LogP contribution in [0.25, 0.3) is 0 Å². The predicted octanol–water partition coefficient (Wildman–Crippen LogP) is 1.11. The Kier molecular flexibility index (Phi) is 3.28. The quantitative estimate of drug-likeness (QED) is 0.608. The molecule has 1 atom stereocenters. The van der Waals surface area contributed by atoms with E-state index in [2.05, 4.69) is 0 Å². The van der Waals surface area contributed by atoms with Crippen LogP contribution >= 0.6 is 0 Å². The van der Waals surface area contributed by atoms with Crippen molar-refractivity contribution in [3.8, 4) is 0 Å². The lowest BCUT2D eigenvalue weighted by molar-refractivity contribution is -0.118. The molecule has 0 aromatic carbocycles. The molecule has 2 nitrogen and oxygen atoms in total. The van der Waals surface area contributed by atoms with Crippen molar-refractivity contribution in [2.75, 3.05) is 0 Å². The summed E-state index contributed by atoms with van der Waals surface area (Å²) in [6.45, 7) is 6.02. The van der Waals surface area contributed by atoms with E-state index in [1.54, 1.807) is 0 Å². The van der Waals surface area contributed by atoms with Crippen molar-refractivity contribution >= 4 is 5.91 Å². The van der Waals surface area contributed by atoms with Crippen molar-refractivity contribution < 1.29 is 4.79 Å². The van der Waals surface area contributed by atoms with Gasteiger partial charge < -0.3 is 5.73 Å². The van der Waals surface area contributed by atoms with Crippen molar-refractivity contribution in [3.05, 3.63) is 5.92 Å². The predicted molar refractivity (Wildman–Crippen MR) is 37.6 cm³/mol. The molecule has 0 rings (SSSR count). The van der Waals surface area contributed by atoms with Crippen molar-refractivity contribution in [1.82, 2.24) is 0 Å². The molecule has 0 bridgehead atoms. The molecule has 0 aliphatic heterocycles. The zero-order valence-corrected chi connectivity index (χ0v) is 6.27. The van der Waals surface area contributed by atoms with Gasteiger partial charge in [0, 0.05) is 6.42 Å². The van der Waals surface area contributed by atoms with Gasteiger partial charge in [0.1, 0.15) is 0 Å². The lowest BCUT2D eigenvalue weighted by atomic mass is 9.95. The fourth-order valence-electron chi connectivity index (χ4n) is 0.506. The molecule has 2 heteroatoms. The van der Waals surface area contributed by atoms with E-state index in [4.69, 9.17) is 5.73 Å². The van der Waals surface area contributed by atoms with E-state index in [1.165, 1.54) is 5.92 Å². The van der Waals surface area contributed by atoms with E-state index in [0.29, 0.717) is 12.3 Å². The summed E-state index contributed by atoms with van der Waals surface area (Å²) in [6, 6.07) is 0. The minimum atomic E-state index is -0.219. The molecular formula is C7H14NO. The number of primary amides is 1. The number of hydrogen-bond donors (Lipinski definition) is 1. The van der Waals surface area contributed by atoms with Crippen LogP contribution in [-0.2, 0) is 4.79 Å². The molecule has 0 aromatic heterocycles. The topological polar surface area (TPSA) is 43.1 Å². The number of carbonyl (C=O) groups excluding carboxylic acids is 1. The highest BCUT2D eigenvalue weighted by atomic mass is 16.1. The Morgan fingerprint density at radius 3 is 2.11 bits per heavy atom. The van der Waals surface area contributed by atoms with Crippen LogP contribution < -0.4 is 5.73 Å². The molecule has 1 unspecified atom stereocenters. The third kappa shape index (κ3) is 4.01. The Hall–Kier alpha value is -0.530. The monoisotopic (exact) mass is 128 g/mol. The second-order valence-corrected chi connectivity index (χ2v) is 2.65. The lowest BCUT2D eigenvalue weighted by Crippen LogP contribution is -2.16. The molecule has 53 valence electrons. The van der Waals surface area contributed by atoms with E-state index in [9.17, 15) is 4.79 Å². The van der Waals surface area contributed by atoms with Crippen molar-refractivity contribution in [2.24, 2.45) is 11.7 Å². The molecule has 0 spiro atoms. The van der Waals surface area contributed by atoms with E-state index in [-0.39, 0.29) is 5.91 Å². The average molecular weight is 128 g/mol. The van der Waals surface area contributed by atoms with Gasteiger partial charge in [-0.2, -0.15) is 0 Å². The first-order valence-corrected chi connectivity index (χ1v) is 3.12. The first-order valence-electron chi connectivity index (χ1n) is 3.12. The highest BCUT2D eigenvalue weighted by Gasteiger charge is 2.09. The molecule has 9 heavy (non-hydrogen) atoms. The first kappa shape index (κ1) is 8.47. The van der Waals surface area contributed by atoms with Gasteiger partial charge in [-0.25, -0.2) is 0 Å². The van der Waals surface area contributed by atoms with Gasteiger partial charge in [-0.1, -0.05) is 20.8 Å². The minimum absolute atomic E-state index is 0.219.